The van der Waals surface area contributed by atoms with Crippen molar-refractivity contribution in [1.29, 1.82) is 0 Å². The second kappa shape index (κ2) is 7.28. The zero-order valence-corrected chi connectivity index (χ0v) is 14.8. The predicted octanol–water partition coefficient (Wildman–Crippen LogP) is 3.79. The molecule has 0 saturated heterocycles. The van der Waals surface area contributed by atoms with E-state index in [1.165, 1.54) is 0 Å². The third-order valence-corrected chi connectivity index (χ3v) is 4.76. The van der Waals surface area contributed by atoms with E-state index in [1.54, 1.807) is 12.1 Å². The molecule has 25 heavy (non-hydrogen) atoms. The Morgan fingerprint density at radius 3 is 2.52 bits per heavy atom. The van der Waals surface area contributed by atoms with Gasteiger partial charge in [-0.15, -0.1) is 0 Å². The van der Waals surface area contributed by atoms with E-state index >= 15 is 0 Å². The molecule has 1 saturated carbocycles. The lowest BCUT2D eigenvalue weighted by atomic mass is 9.96. The fourth-order valence-electron chi connectivity index (χ4n) is 2.90. The first kappa shape index (κ1) is 17.5. The number of rotatable bonds is 6. The number of benzene rings is 2. The second-order valence-electron chi connectivity index (χ2n) is 6.37. The molecule has 0 heterocycles. The highest BCUT2D eigenvalue weighted by atomic mass is 35.5. The van der Waals surface area contributed by atoms with Crippen LogP contribution in [0.5, 0.6) is 0 Å². The highest BCUT2D eigenvalue weighted by molar-refractivity contribution is 6.30. The van der Waals surface area contributed by atoms with Gasteiger partial charge in [0.25, 0.3) is 5.91 Å². The van der Waals surface area contributed by atoms with Gasteiger partial charge in [0.1, 0.15) is 0 Å². The van der Waals surface area contributed by atoms with Crippen molar-refractivity contribution in [3.63, 3.8) is 0 Å². The van der Waals surface area contributed by atoms with Gasteiger partial charge in [-0.05, 0) is 43.0 Å². The largest absolute Gasteiger partial charge is 0.455 e. The first-order valence-corrected chi connectivity index (χ1v) is 8.67. The molecule has 0 radical (unpaired) electrons. The summed E-state index contributed by atoms with van der Waals surface area (Å²) in [7, 11) is 0. The van der Waals surface area contributed by atoms with Crippen LogP contribution in [0, 0.1) is 0 Å². The number of halogens is 1. The maximum absolute atomic E-state index is 12.4. The Balaban J connectivity index is 1.53. The number of esters is 1. The number of ether oxygens (including phenoxy) is 1. The SMILES string of the molecule is C[C@H](NC(=O)COC(=O)C1(c2ccccc2)CC1)c1cccc(Cl)c1. The molecule has 4 nitrogen and oxygen atoms in total. The number of carbonyl (C=O) groups is 2. The van der Waals surface area contributed by atoms with Gasteiger partial charge in [-0.1, -0.05) is 54.1 Å². The summed E-state index contributed by atoms with van der Waals surface area (Å²) in [6, 6.07) is 16.7. The third-order valence-electron chi connectivity index (χ3n) is 4.53. The average Bonchev–Trinajstić information content (AvgIpc) is 3.42. The van der Waals surface area contributed by atoms with Crippen LogP contribution in [0.1, 0.15) is 36.9 Å². The molecular formula is C20H20ClNO3. The highest BCUT2D eigenvalue weighted by Gasteiger charge is 2.52. The Hall–Kier alpha value is -2.33. The van der Waals surface area contributed by atoms with E-state index in [2.05, 4.69) is 5.32 Å². The van der Waals surface area contributed by atoms with Gasteiger partial charge < -0.3 is 10.1 Å². The van der Waals surface area contributed by atoms with Crippen LogP contribution in [0.15, 0.2) is 54.6 Å². The van der Waals surface area contributed by atoms with Crippen molar-refractivity contribution in [1.82, 2.24) is 5.32 Å². The van der Waals surface area contributed by atoms with Crippen molar-refractivity contribution in [2.45, 2.75) is 31.2 Å². The lowest BCUT2D eigenvalue weighted by Gasteiger charge is -2.17. The highest BCUT2D eigenvalue weighted by Crippen LogP contribution is 2.49. The van der Waals surface area contributed by atoms with Crippen molar-refractivity contribution in [3.8, 4) is 0 Å². The maximum atomic E-state index is 12.4. The zero-order valence-electron chi connectivity index (χ0n) is 14.0. The number of amides is 1. The Morgan fingerprint density at radius 2 is 1.88 bits per heavy atom. The quantitative estimate of drug-likeness (QED) is 0.800. The second-order valence-corrected chi connectivity index (χ2v) is 6.80. The summed E-state index contributed by atoms with van der Waals surface area (Å²) in [5.74, 6) is -0.658. The van der Waals surface area contributed by atoms with Crippen LogP contribution in [0.3, 0.4) is 0 Å². The van der Waals surface area contributed by atoms with Gasteiger partial charge >= 0.3 is 5.97 Å². The van der Waals surface area contributed by atoms with Crippen LogP contribution in [-0.4, -0.2) is 18.5 Å². The summed E-state index contributed by atoms with van der Waals surface area (Å²) in [5, 5.41) is 3.43. The van der Waals surface area contributed by atoms with Crippen molar-refractivity contribution < 1.29 is 14.3 Å². The Morgan fingerprint density at radius 1 is 1.16 bits per heavy atom. The minimum atomic E-state index is -0.569. The first-order valence-electron chi connectivity index (χ1n) is 8.29. The van der Waals surface area contributed by atoms with Crippen molar-refractivity contribution in [2.24, 2.45) is 0 Å². The molecule has 0 aromatic heterocycles. The number of carbonyl (C=O) groups excluding carboxylic acids is 2. The number of hydrogen-bond acceptors (Lipinski definition) is 3. The van der Waals surface area contributed by atoms with Crippen LogP contribution in [0.25, 0.3) is 0 Å². The minimum Gasteiger partial charge on any atom is -0.455 e. The molecule has 1 amide bonds. The molecule has 5 heteroatoms. The molecule has 0 unspecified atom stereocenters. The molecule has 1 aliphatic carbocycles. The van der Waals surface area contributed by atoms with E-state index in [9.17, 15) is 9.59 Å². The summed E-state index contributed by atoms with van der Waals surface area (Å²) in [4.78, 5) is 24.5. The molecular weight excluding hydrogens is 338 g/mol. The van der Waals surface area contributed by atoms with Crippen LogP contribution in [-0.2, 0) is 19.7 Å². The Kier molecular flexibility index (Phi) is 5.09. The Labute approximate surface area is 152 Å². The molecule has 0 spiro atoms. The monoisotopic (exact) mass is 357 g/mol. The van der Waals surface area contributed by atoms with Crippen molar-refractivity contribution in [2.75, 3.05) is 6.61 Å². The normalized spacial score (nSPS) is 15.9. The van der Waals surface area contributed by atoms with E-state index in [4.69, 9.17) is 16.3 Å². The molecule has 1 atom stereocenters. The van der Waals surface area contributed by atoms with E-state index < -0.39 is 5.41 Å². The van der Waals surface area contributed by atoms with Crippen LogP contribution >= 0.6 is 11.6 Å². The molecule has 2 aromatic carbocycles. The van der Waals surface area contributed by atoms with Crippen LogP contribution < -0.4 is 5.32 Å². The number of hydrogen-bond donors (Lipinski definition) is 1. The smallest absolute Gasteiger partial charge is 0.317 e. The van der Waals surface area contributed by atoms with E-state index in [0.29, 0.717) is 5.02 Å². The third kappa shape index (κ3) is 4.02. The van der Waals surface area contributed by atoms with Gasteiger partial charge in [-0.25, -0.2) is 0 Å². The minimum absolute atomic E-state index is 0.214. The molecule has 1 fully saturated rings. The van der Waals surface area contributed by atoms with Crippen LogP contribution in [0.4, 0.5) is 0 Å². The molecule has 0 bridgehead atoms. The molecule has 2 aromatic rings. The summed E-state index contributed by atoms with van der Waals surface area (Å²) in [6.07, 6.45) is 1.52. The summed E-state index contributed by atoms with van der Waals surface area (Å²) in [5.41, 5.74) is 1.28. The summed E-state index contributed by atoms with van der Waals surface area (Å²) in [6.45, 7) is 1.58. The predicted molar refractivity (Wildman–Crippen MR) is 96.3 cm³/mol. The van der Waals surface area contributed by atoms with E-state index in [1.807, 2.05) is 49.4 Å². The molecule has 0 aliphatic heterocycles. The average molecular weight is 358 g/mol. The maximum Gasteiger partial charge on any atom is 0.317 e. The molecule has 3 rings (SSSR count). The van der Waals surface area contributed by atoms with Gasteiger partial charge in [-0.3, -0.25) is 9.59 Å². The van der Waals surface area contributed by atoms with Gasteiger partial charge in [0.05, 0.1) is 11.5 Å². The topological polar surface area (TPSA) is 55.4 Å². The molecule has 1 N–H and O–H groups in total. The van der Waals surface area contributed by atoms with E-state index in [0.717, 1.165) is 24.0 Å². The molecule has 1 aliphatic rings. The lowest BCUT2D eigenvalue weighted by molar-refractivity contribution is -0.151. The van der Waals surface area contributed by atoms with Gasteiger partial charge in [0.2, 0.25) is 0 Å². The van der Waals surface area contributed by atoms with Gasteiger partial charge in [-0.2, -0.15) is 0 Å². The van der Waals surface area contributed by atoms with Crippen LogP contribution in [0.2, 0.25) is 5.02 Å². The standard InChI is InChI=1S/C20H20ClNO3/c1-14(15-6-5-9-17(21)12-15)22-18(23)13-25-19(24)20(10-11-20)16-7-3-2-4-8-16/h2-9,12,14H,10-11,13H2,1H3,(H,22,23)/t14-/m0/s1. The fraction of sp³-hybridized carbons (Fsp3) is 0.300. The lowest BCUT2D eigenvalue weighted by Crippen LogP contribution is -2.33. The Bertz CT molecular complexity index is 772. The first-order chi connectivity index (χ1) is 12.0. The van der Waals surface area contributed by atoms with Crippen molar-refractivity contribution in [3.05, 3.63) is 70.7 Å². The van der Waals surface area contributed by atoms with E-state index in [-0.39, 0.29) is 24.5 Å². The summed E-state index contributed by atoms with van der Waals surface area (Å²) >= 11 is 5.96. The van der Waals surface area contributed by atoms with Gasteiger partial charge in [0.15, 0.2) is 6.61 Å². The summed E-state index contributed by atoms with van der Waals surface area (Å²) < 4.78 is 5.27. The van der Waals surface area contributed by atoms with Crippen molar-refractivity contribution >= 4 is 23.5 Å². The zero-order chi connectivity index (χ0) is 17.9. The van der Waals surface area contributed by atoms with Gasteiger partial charge in [0, 0.05) is 5.02 Å². The molecule has 130 valence electrons. The number of nitrogens with one attached hydrogen (secondary N) is 1. The fourth-order valence-corrected chi connectivity index (χ4v) is 3.10.